The maximum Gasteiger partial charge on any atom is 0.269 e. The molecule has 0 fully saturated rings. The first kappa shape index (κ1) is 13.7. The fourth-order valence-corrected chi connectivity index (χ4v) is 3.54. The van der Waals surface area contributed by atoms with Gasteiger partial charge in [-0.15, -0.1) is 4.91 Å². The van der Waals surface area contributed by atoms with Crippen LogP contribution in [-0.2, 0) is 10.0 Å². The molecule has 1 aromatic carbocycles. The lowest BCUT2D eigenvalue weighted by molar-refractivity contribution is 0.589. The third-order valence-electron chi connectivity index (χ3n) is 3.00. The topological polar surface area (TPSA) is 81.4 Å². The van der Waals surface area contributed by atoms with E-state index in [-0.39, 0.29) is 21.3 Å². The average Bonchev–Trinajstić information content (AvgIpc) is 2.94. The molecule has 0 aliphatic rings. The van der Waals surface area contributed by atoms with Gasteiger partial charge in [0.15, 0.2) is 5.65 Å². The molecule has 3 rings (SSSR count). The SMILES string of the molecule is O=Nc1cnc2c(ccn2S(=O)(=O)c2ccccc2)c1Cl. The molecule has 0 aliphatic heterocycles. The van der Waals surface area contributed by atoms with Gasteiger partial charge < -0.3 is 0 Å². The summed E-state index contributed by atoms with van der Waals surface area (Å²) < 4.78 is 26.2. The second kappa shape index (κ2) is 4.94. The van der Waals surface area contributed by atoms with Crippen LogP contribution in [0.15, 0.2) is 58.9 Å². The molecule has 0 saturated carbocycles. The molecule has 0 atom stereocenters. The Bertz CT molecular complexity index is 936. The van der Waals surface area contributed by atoms with Crippen LogP contribution in [0.2, 0.25) is 5.02 Å². The summed E-state index contributed by atoms with van der Waals surface area (Å²) in [4.78, 5) is 14.7. The first-order valence-corrected chi connectivity index (χ1v) is 7.67. The molecule has 0 bridgehead atoms. The lowest BCUT2D eigenvalue weighted by atomic mass is 10.3. The van der Waals surface area contributed by atoms with Gasteiger partial charge in [0.25, 0.3) is 10.0 Å². The maximum atomic E-state index is 12.6. The summed E-state index contributed by atoms with van der Waals surface area (Å²) in [7, 11) is -3.77. The number of hydrogen-bond donors (Lipinski definition) is 0. The van der Waals surface area contributed by atoms with Gasteiger partial charge in [0, 0.05) is 11.6 Å². The molecule has 6 nitrogen and oxygen atoms in total. The molecule has 0 unspecified atom stereocenters. The fourth-order valence-electron chi connectivity index (χ4n) is 1.98. The highest BCUT2D eigenvalue weighted by Gasteiger charge is 2.21. The highest BCUT2D eigenvalue weighted by Crippen LogP contribution is 2.33. The van der Waals surface area contributed by atoms with Gasteiger partial charge in [-0.3, -0.25) is 0 Å². The molecule has 0 amide bonds. The van der Waals surface area contributed by atoms with Crippen molar-refractivity contribution < 1.29 is 8.42 Å². The number of hydrogen-bond acceptors (Lipinski definition) is 5. The van der Waals surface area contributed by atoms with Crippen LogP contribution in [0.1, 0.15) is 0 Å². The molecule has 0 spiro atoms. The third-order valence-corrected chi connectivity index (χ3v) is 5.07. The summed E-state index contributed by atoms with van der Waals surface area (Å²) in [5.74, 6) is 0. The lowest BCUT2D eigenvalue weighted by Crippen LogP contribution is -2.12. The van der Waals surface area contributed by atoms with E-state index in [0.717, 1.165) is 10.2 Å². The van der Waals surface area contributed by atoms with E-state index in [4.69, 9.17) is 11.6 Å². The molecule has 0 aliphatic carbocycles. The Labute approximate surface area is 125 Å². The average molecular weight is 322 g/mol. The summed E-state index contributed by atoms with van der Waals surface area (Å²) in [6, 6.07) is 9.46. The molecule has 0 N–H and O–H groups in total. The van der Waals surface area contributed by atoms with Gasteiger partial charge in [-0.2, -0.15) is 0 Å². The van der Waals surface area contributed by atoms with E-state index in [1.807, 2.05) is 0 Å². The van der Waals surface area contributed by atoms with Crippen LogP contribution in [0, 0.1) is 4.91 Å². The lowest BCUT2D eigenvalue weighted by Gasteiger charge is -2.07. The molecular weight excluding hydrogens is 314 g/mol. The summed E-state index contributed by atoms with van der Waals surface area (Å²) in [5, 5.41) is 3.18. The number of rotatable bonds is 3. The number of pyridine rings is 1. The van der Waals surface area contributed by atoms with Gasteiger partial charge in [0.05, 0.1) is 16.1 Å². The summed E-state index contributed by atoms with van der Waals surface area (Å²) in [6.45, 7) is 0. The summed E-state index contributed by atoms with van der Waals surface area (Å²) in [5.41, 5.74) is 0.121. The number of fused-ring (bicyclic) bond motifs is 1. The molecule has 3 aromatic rings. The number of nitrogens with zero attached hydrogens (tertiary/aromatic N) is 3. The number of nitroso groups, excluding NO2 is 1. The van der Waals surface area contributed by atoms with E-state index in [1.54, 1.807) is 18.2 Å². The Balaban J connectivity index is 2.28. The van der Waals surface area contributed by atoms with Crippen LogP contribution in [0.5, 0.6) is 0 Å². The van der Waals surface area contributed by atoms with Crippen molar-refractivity contribution in [2.75, 3.05) is 0 Å². The normalized spacial score (nSPS) is 11.7. The Kier molecular flexibility index (Phi) is 3.23. The molecule has 0 saturated heterocycles. The summed E-state index contributed by atoms with van der Waals surface area (Å²) in [6.07, 6.45) is 2.50. The molecule has 106 valence electrons. The van der Waals surface area contributed by atoms with E-state index in [1.165, 1.54) is 24.4 Å². The molecule has 2 heterocycles. The van der Waals surface area contributed by atoms with E-state index < -0.39 is 10.0 Å². The monoisotopic (exact) mass is 321 g/mol. The molecule has 21 heavy (non-hydrogen) atoms. The van der Waals surface area contributed by atoms with Gasteiger partial charge in [0.2, 0.25) is 0 Å². The van der Waals surface area contributed by atoms with Crippen LogP contribution >= 0.6 is 11.6 Å². The first-order valence-electron chi connectivity index (χ1n) is 5.85. The minimum Gasteiger partial charge on any atom is -0.235 e. The van der Waals surface area contributed by atoms with Crippen molar-refractivity contribution in [2.24, 2.45) is 5.18 Å². The van der Waals surface area contributed by atoms with Crippen LogP contribution in [-0.4, -0.2) is 17.4 Å². The smallest absolute Gasteiger partial charge is 0.235 e. The van der Waals surface area contributed by atoms with Gasteiger partial charge in [-0.1, -0.05) is 29.8 Å². The number of aromatic nitrogens is 2. The second-order valence-electron chi connectivity index (χ2n) is 4.22. The van der Waals surface area contributed by atoms with Crippen molar-refractivity contribution in [3.8, 4) is 0 Å². The van der Waals surface area contributed by atoms with Gasteiger partial charge in [0.1, 0.15) is 5.69 Å². The zero-order valence-electron chi connectivity index (χ0n) is 10.5. The number of benzene rings is 1. The largest absolute Gasteiger partial charge is 0.269 e. The number of halogens is 1. The first-order chi connectivity index (χ1) is 10.1. The minimum absolute atomic E-state index is 0.0287. The van der Waals surface area contributed by atoms with Gasteiger partial charge in [-0.05, 0) is 23.4 Å². The van der Waals surface area contributed by atoms with Crippen molar-refractivity contribution in [1.82, 2.24) is 8.96 Å². The Morgan fingerprint density at radius 3 is 2.52 bits per heavy atom. The zero-order valence-corrected chi connectivity index (χ0v) is 12.0. The molecule has 2 aromatic heterocycles. The quantitative estimate of drug-likeness (QED) is 0.693. The third kappa shape index (κ3) is 2.10. The van der Waals surface area contributed by atoms with Crippen LogP contribution in [0.4, 0.5) is 5.69 Å². The Hall–Kier alpha value is -2.25. The van der Waals surface area contributed by atoms with Gasteiger partial charge >= 0.3 is 0 Å². The predicted molar refractivity (Wildman–Crippen MR) is 79.2 cm³/mol. The van der Waals surface area contributed by atoms with E-state index in [9.17, 15) is 13.3 Å². The van der Waals surface area contributed by atoms with Crippen molar-refractivity contribution in [1.29, 1.82) is 0 Å². The Morgan fingerprint density at radius 1 is 1.14 bits per heavy atom. The van der Waals surface area contributed by atoms with Crippen LogP contribution < -0.4 is 0 Å². The minimum atomic E-state index is -3.77. The van der Waals surface area contributed by atoms with Gasteiger partial charge in [-0.25, -0.2) is 17.4 Å². The molecule has 0 radical (unpaired) electrons. The zero-order chi connectivity index (χ0) is 15.0. The standard InChI is InChI=1S/C13H8ClN3O3S/c14-12-10-6-7-17(13(10)15-8-11(12)16-18)21(19,20)9-4-2-1-3-5-9/h1-8H. The maximum absolute atomic E-state index is 12.6. The van der Waals surface area contributed by atoms with E-state index in [2.05, 4.69) is 10.2 Å². The molecular formula is C13H8ClN3O3S. The fraction of sp³-hybridized carbons (Fsp3) is 0. The van der Waals surface area contributed by atoms with Crippen LogP contribution in [0.25, 0.3) is 11.0 Å². The van der Waals surface area contributed by atoms with Crippen LogP contribution in [0.3, 0.4) is 0 Å². The van der Waals surface area contributed by atoms with Crippen molar-refractivity contribution in [2.45, 2.75) is 4.90 Å². The predicted octanol–water partition coefficient (Wildman–Crippen LogP) is 3.32. The van der Waals surface area contributed by atoms with Crippen molar-refractivity contribution >= 4 is 38.3 Å². The van der Waals surface area contributed by atoms with Crippen molar-refractivity contribution in [3.63, 3.8) is 0 Å². The second-order valence-corrected chi connectivity index (χ2v) is 6.41. The van der Waals surface area contributed by atoms with E-state index >= 15 is 0 Å². The highest BCUT2D eigenvalue weighted by atomic mass is 35.5. The van der Waals surface area contributed by atoms with E-state index in [0.29, 0.717) is 5.39 Å². The van der Waals surface area contributed by atoms with Crippen molar-refractivity contribution in [3.05, 3.63) is 58.7 Å². The highest BCUT2D eigenvalue weighted by molar-refractivity contribution is 7.90. The Morgan fingerprint density at radius 2 is 1.86 bits per heavy atom. The molecule has 8 heteroatoms. The summed E-state index contributed by atoms with van der Waals surface area (Å²) >= 11 is 6.01.